The van der Waals surface area contributed by atoms with Crippen LogP contribution in [0.3, 0.4) is 0 Å². The van der Waals surface area contributed by atoms with Gasteiger partial charge < -0.3 is 5.32 Å². The van der Waals surface area contributed by atoms with Gasteiger partial charge in [-0.25, -0.2) is 4.98 Å². The van der Waals surface area contributed by atoms with Crippen LogP contribution in [-0.4, -0.2) is 21.6 Å². The number of nitrogens with zero attached hydrogens (tertiary/aromatic N) is 2. The van der Waals surface area contributed by atoms with Crippen molar-refractivity contribution in [2.45, 2.75) is 5.03 Å². The minimum Gasteiger partial charge on any atom is -0.324 e. The topological polar surface area (TPSA) is 85.1 Å². The van der Waals surface area contributed by atoms with E-state index < -0.39 is 4.92 Å². The van der Waals surface area contributed by atoms with Crippen molar-refractivity contribution in [1.29, 1.82) is 0 Å². The van der Waals surface area contributed by atoms with Crippen LogP contribution in [0.1, 0.15) is 0 Å². The predicted molar refractivity (Wildman–Crippen MR) is 102 cm³/mol. The number of rotatable bonds is 5. The molecule has 8 heteroatoms. The third-order valence-corrected chi connectivity index (χ3v) is 4.95. The van der Waals surface area contributed by atoms with E-state index in [4.69, 9.17) is 0 Å². The average molecular weight is 418 g/mol. The second-order valence-corrected chi connectivity index (χ2v) is 6.95. The van der Waals surface area contributed by atoms with Crippen LogP contribution < -0.4 is 5.32 Å². The third kappa shape index (κ3) is 4.34. The first-order chi connectivity index (χ1) is 12.0. The molecule has 0 fully saturated rings. The van der Waals surface area contributed by atoms with Crippen LogP contribution in [0.4, 0.5) is 11.4 Å². The molecule has 126 valence electrons. The fourth-order valence-electron chi connectivity index (χ4n) is 2.17. The quantitative estimate of drug-likeness (QED) is 0.371. The van der Waals surface area contributed by atoms with Gasteiger partial charge in [-0.15, -0.1) is 0 Å². The molecule has 0 aliphatic carbocycles. The maximum atomic E-state index is 12.1. The van der Waals surface area contributed by atoms with E-state index in [1.165, 1.54) is 30.0 Å². The Bertz CT molecular complexity index is 965. The maximum Gasteiger partial charge on any atom is 0.270 e. The lowest BCUT2D eigenvalue weighted by atomic mass is 10.2. The molecule has 0 unspecified atom stereocenters. The number of hydrogen-bond acceptors (Lipinski definition) is 5. The van der Waals surface area contributed by atoms with Gasteiger partial charge in [0.2, 0.25) is 5.91 Å². The molecule has 0 aliphatic rings. The summed E-state index contributed by atoms with van der Waals surface area (Å²) in [5.41, 5.74) is 1.33. The van der Waals surface area contributed by atoms with Gasteiger partial charge in [-0.1, -0.05) is 36.0 Å². The number of thioether (sulfide) groups is 1. The number of halogens is 1. The smallest absolute Gasteiger partial charge is 0.270 e. The number of para-hydroxylation sites is 1. The summed E-state index contributed by atoms with van der Waals surface area (Å²) in [6.07, 6.45) is 0. The molecule has 0 aliphatic heterocycles. The Morgan fingerprint density at radius 1 is 1.20 bits per heavy atom. The van der Waals surface area contributed by atoms with E-state index in [-0.39, 0.29) is 17.3 Å². The van der Waals surface area contributed by atoms with Crippen molar-refractivity contribution in [3.05, 3.63) is 69.2 Å². The number of pyridine rings is 1. The van der Waals surface area contributed by atoms with Crippen molar-refractivity contribution in [2.75, 3.05) is 11.1 Å². The first kappa shape index (κ1) is 17.4. The van der Waals surface area contributed by atoms with Crippen LogP contribution in [-0.2, 0) is 4.79 Å². The highest BCUT2D eigenvalue weighted by atomic mass is 79.9. The minimum absolute atomic E-state index is 0.0420. The van der Waals surface area contributed by atoms with Gasteiger partial charge in [-0.2, -0.15) is 0 Å². The lowest BCUT2D eigenvalue weighted by Crippen LogP contribution is -2.14. The van der Waals surface area contributed by atoms with Crippen molar-refractivity contribution in [3.8, 4) is 0 Å². The second kappa shape index (κ2) is 7.62. The van der Waals surface area contributed by atoms with Crippen LogP contribution in [0.2, 0.25) is 0 Å². The average Bonchev–Trinajstić information content (AvgIpc) is 2.61. The number of nitro benzene ring substituents is 1. The molecule has 0 atom stereocenters. The maximum absolute atomic E-state index is 12.1. The van der Waals surface area contributed by atoms with Crippen LogP contribution in [0.5, 0.6) is 0 Å². The Hall–Kier alpha value is -2.45. The number of nitro groups is 1. The molecular weight excluding hydrogens is 406 g/mol. The highest BCUT2D eigenvalue weighted by molar-refractivity contribution is 9.10. The molecule has 0 bridgehead atoms. The molecule has 0 spiro atoms. The first-order valence-electron chi connectivity index (χ1n) is 7.25. The molecule has 3 aromatic rings. The number of benzene rings is 2. The van der Waals surface area contributed by atoms with Crippen molar-refractivity contribution in [1.82, 2.24) is 4.98 Å². The number of carbonyl (C=O) groups is 1. The number of nitrogens with one attached hydrogen (secondary N) is 1. The Morgan fingerprint density at radius 3 is 2.76 bits per heavy atom. The van der Waals surface area contributed by atoms with Gasteiger partial charge in [-0.05, 0) is 34.1 Å². The molecule has 2 aromatic carbocycles. The van der Waals surface area contributed by atoms with Gasteiger partial charge in [-0.3, -0.25) is 14.9 Å². The molecule has 0 saturated carbocycles. The first-order valence-corrected chi connectivity index (χ1v) is 9.03. The summed E-state index contributed by atoms with van der Waals surface area (Å²) in [5, 5.41) is 15.3. The summed E-state index contributed by atoms with van der Waals surface area (Å²) >= 11 is 4.56. The van der Waals surface area contributed by atoms with Gasteiger partial charge in [0.15, 0.2) is 0 Å². The molecule has 1 aromatic heterocycles. The van der Waals surface area contributed by atoms with E-state index in [9.17, 15) is 14.9 Å². The molecule has 6 nitrogen and oxygen atoms in total. The molecule has 1 amide bonds. The summed E-state index contributed by atoms with van der Waals surface area (Å²) in [6, 6.07) is 15.8. The van der Waals surface area contributed by atoms with Crippen molar-refractivity contribution < 1.29 is 9.72 Å². The Labute approximate surface area is 155 Å². The minimum atomic E-state index is -0.488. The van der Waals surface area contributed by atoms with E-state index in [0.29, 0.717) is 10.2 Å². The summed E-state index contributed by atoms with van der Waals surface area (Å²) in [4.78, 5) is 26.8. The molecule has 3 rings (SSSR count). The molecular formula is C17H12BrN3O3S. The number of aromatic nitrogens is 1. The largest absolute Gasteiger partial charge is 0.324 e. The Morgan fingerprint density at radius 2 is 2.00 bits per heavy atom. The SMILES string of the molecule is O=C(CSc1ccc2ccccc2n1)Nc1ccc([N+](=O)[O-])cc1Br. The van der Waals surface area contributed by atoms with Gasteiger partial charge in [0.05, 0.1) is 26.9 Å². The van der Waals surface area contributed by atoms with Gasteiger partial charge >= 0.3 is 0 Å². The number of amides is 1. The molecule has 0 saturated heterocycles. The summed E-state index contributed by atoms with van der Waals surface area (Å²) in [5.74, 6) is -0.0242. The van der Waals surface area contributed by atoms with Gasteiger partial charge in [0.25, 0.3) is 5.69 Å². The van der Waals surface area contributed by atoms with Crippen LogP contribution in [0.25, 0.3) is 10.9 Å². The van der Waals surface area contributed by atoms with E-state index in [2.05, 4.69) is 26.2 Å². The van der Waals surface area contributed by atoms with Crippen molar-refractivity contribution >= 4 is 55.9 Å². The normalized spacial score (nSPS) is 10.6. The summed E-state index contributed by atoms with van der Waals surface area (Å²) in [6.45, 7) is 0. The molecule has 1 heterocycles. The monoisotopic (exact) mass is 417 g/mol. The predicted octanol–water partition coefficient (Wildman–Crippen LogP) is 4.64. The molecule has 25 heavy (non-hydrogen) atoms. The summed E-state index contributed by atoms with van der Waals surface area (Å²) < 4.78 is 0.462. The standard InChI is InChI=1S/C17H12BrN3O3S/c18-13-9-12(21(23)24)6-7-15(13)19-16(22)10-25-17-8-5-11-3-1-2-4-14(11)20-17/h1-9H,10H2,(H,19,22). The van der Waals surface area contributed by atoms with E-state index in [0.717, 1.165) is 15.9 Å². The zero-order chi connectivity index (χ0) is 17.8. The molecule has 1 N–H and O–H groups in total. The Kier molecular flexibility index (Phi) is 5.30. The lowest BCUT2D eigenvalue weighted by molar-refractivity contribution is -0.384. The molecule has 0 radical (unpaired) electrons. The zero-order valence-electron chi connectivity index (χ0n) is 12.8. The van der Waals surface area contributed by atoms with Crippen molar-refractivity contribution in [2.24, 2.45) is 0 Å². The second-order valence-electron chi connectivity index (χ2n) is 5.10. The Balaban J connectivity index is 1.63. The van der Waals surface area contributed by atoms with E-state index in [1.807, 2.05) is 36.4 Å². The van der Waals surface area contributed by atoms with Gasteiger partial charge in [0.1, 0.15) is 0 Å². The van der Waals surface area contributed by atoms with Gasteiger partial charge in [0, 0.05) is 22.0 Å². The van der Waals surface area contributed by atoms with Crippen LogP contribution >= 0.6 is 27.7 Å². The van der Waals surface area contributed by atoms with Crippen LogP contribution in [0.15, 0.2) is 64.1 Å². The third-order valence-electron chi connectivity index (χ3n) is 3.36. The van der Waals surface area contributed by atoms with E-state index in [1.54, 1.807) is 0 Å². The lowest BCUT2D eigenvalue weighted by Gasteiger charge is -2.07. The number of anilines is 1. The van der Waals surface area contributed by atoms with E-state index >= 15 is 0 Å². The number of hydrogen-bond donors (Lipinski definition) is 1. The summed E-state index contributed by atoms with van der Waals surface area (Å²) in [7, 11) is 0. The van der Waals surface area contributed by atoms with Crippen LogP contribution in [0, 0.1) is 10.1 Å². The number of carbonyl (C=O) groups excluding carboxylic acids is 1. The fourth-order valence-corrected chi connectivity index (χ4v) is 3.32. The fraction of sp³-hybridized carbons (Fsp3) is 0.0588. The number of fused-ring (bicyclic) bond motifs is 1. The number of non-ortho nitro benzene ring substituents is 1. The highest BCUT2D eigenvalue weighted by Gasteiger charge is 2.11. The zero-order valence-corrected chi connectivity index (χ0v) is 15.2. The van der Waals surface area contributed by atoms with Crippen molar-refractivity contribution in [3.63, 3.8) is 0 Å². The highest BCUT2D eigenvalue weighted by Crippen LogP contribution is 2.27.